The van der Waals surface area contributed by atoms with Crippen molar-refractivity contribution in [3.05, 3.63) is 64.5 Å². The van der Waals surface area contributed by atoms with Crippen LogP contribution in [0.15, 0.2) is 36.4 Å². The number of nitrogens with two attached hydrogens (primary N) is 1. The molecule has 0 aliphatic rings. The monoisotopic (exact) mass is 286 g/mol. The Morgan fingerprint density at radius 3 is 2.62 bits per heavy atom. The normalized spacial score (nSPS) is 10.4. The maximum absolute atomic E-state index is 13.0. The van der Waals surface area contributed by atoms with Gasteiger partial charge in [0, 0.05) is 17.8 Å². The van der Waals surface area contributed by atoms with Gasteiger partial charge in [-0.15, -0.1) is 0 Å². The van der Waals surface area contributed by atoms with Crippen molar-refractivity contribution in [2.45, 2.75) is 20.3 Å². The maximum Gasteiger partial charge on any atom is 0.251 e. The number of hydrogen-bond donors (Lipinski definition) is 2. The van der Waals surface area contributed by atoms with Crippen molar-refractivity contribution in [3.63, 3.8) is 0 Å². The Hall–Kier alpha value is -2.36. The Labute approximate surface area is 124 Å². The number of nitrogen functional groups attached to an aromatic ring is 1. The van der Waals surface area contributed by atoms with Gasteiger partial charge in [-0.2, -0.15) is 0 Å². The third-order valence-electron chi connectivity index (χ3n) is 3.35. The van der Waals surface area contributed by atoms with Crippen molar-refractivity contribution in [3.8, 4) is 0 Å². The van der Waals surface area contributed by atoms with Crippen LogP contribution in [0, 0.1) is 19.7 Å². The van der Waals surface area contributed by atoms with Crippen LogP contribution in [0.2, 0.25) is 0 Å². The summed E-state index contributed by atoms with van der Waals surface area (Å²) >= 11 is 0. The number of rotatable bonds is 4. The van der Waals surface area contributed by atoms with Crippen LogP contribution in [-0.4, -0.2) is 12.5 Å². The number of hydrogen-bond acceptors (Lipinski definition) is 2. The summed E-state index contributed by atoms with van der Waals surface area (Å²) in [6, 6.07) is 9.96. The van der Waals surface area contributed by atoms with Crippen LogP contribution in [0.1, 0.15) is 27.0 Å². The van der Waals surface area contributed by atoms with Crippen LogP contribution < -0.4 is 11.1 Å². The summed E-state index contributed by atoms with van der Waals surface area (Å²) in [6.45, 7) is 4.26. The lowest BCUT2D eigenvalue weighted by atomic mass is 10.1. The van der Waals surface area contributed by atoms with E-state index in [0.29, 0.717) is 24.2 Å². The first-order valence-corrected chi connectivity index (χ1v) is 6.86. The van der Waals surface area contributed by atoms with Crippen molar-refractivity contribution < 1.29 is 9.18 Å². The lowest BCUT2D eigenvalue weighted by molar-refractivity contribution is 0.0954. The molecule has 0 fully saturated rings. The van der Waals surface area contributed by atoms with Gasteiger partial charge in [0.15, 0.2) is 0 Å². The molecule has 4 heteroatoms. The van der Waals surface area contributed by atoms with Crippen molar-refractivity contribution in [2.75, 3.05) is 12.3 Å². The highest BCUT2D eigenvalue weighted by molar-refractivity contribution is 5.95. The molecular weight excluding hydrogens is 267 g/mol. The molecule has 0 saturated heterocycles. The minimum Gasteiger partial charge on any atom is -0.399 e. The summed E-state index contributed by atoms with van der Waals surface area (Å²) in [5, 5.41) is 2.86. The molecule has 2 rings (SSSR count). The summed E-state index contributed by atoms with van der Waals surface area (Å²) in [4.78, 5) is 12.1. The zero-order valence-corrected chi connectivity index (χ0v) is 12.2. The summed E-state index contributed by atoms with van der Waals surface area (Å²) in [5.74, 6) is -0.388. The fraction of sp³-hybridized carbons (Fsp3) is 0.235. The van der Waals surface area contributed by atoms with Gasteiger partial charge in [0.1, 0.15) is 5.82 Å². The van der Waals surface area contributed by atoms with Gasteiger partial charge in [-0.25, -0.2) is 4.39 Å². The number of halogens is 1. The van der Waals surface area contributed by atoms with E-state index in [-0.39, 0.29) is 11.7 Å². The van der Waals surface area contributed by atoms with Crippen LogP contribution >= 0.6 is 0 Å². The molecule has 2 aromatic rings. The van der Waals surface area contributed by atoms with Crippen molar-refractivity contribution in [1.82, 2.24) is 5.32 Å². The van der Waals surface area contributed by atoms with E-state index in [1.165, 1.54) is 12.1 Å². The second-order valence-corrected chi connectivity index (χ2v) is 5.21. The highest BCUT2D eigenvalue weighted by Gasteiger charge is 2.07. The van der Waals surface area contributed by atoms with Gasteiger partial charge >= 0.3 is 0 Å². The molecule has 0 bridgehead atoms. The molecule has 0 saturated carbocycles. The topological polar surface area (TPSA) is 55.1 Å². The molecule has 0 aromatic heterocycles. The minimum absolute atomic E-state index is 0.148. The van der Waals surface area contributed by atoms with E-state index in [9.17, 15) is 9.18 Å². The van der Waals surface area contributed by atoms with Crippen molar-refractivity contribution in [2.24, 2.45) is 0 Å². The minimum atomic E-state index is -0.240. The summed E-state index contributed by atoms with van der Waals surface area (Å²) in [7, 11) is 0. The highest BCUT2D eigenvalue weighted by Crippen LogP contribution is 2.12. The number of carbonyl (C=O) groups is 1. The predicted octanol–water partition coefficient (Wildman–Crippen LogP) is 3.00. The van der Waals surface area contributed by atoms with Crippen molar-refractivity contribution in [1.29, 1.82) is 0 Å². The Morgan fingerprint density at radius 1 is 1.19 bits per heavy atom. The van der Waals surface area contributed by atoms with E-state index in [4.69, 9.17) is 5.73 Å². The van der Waals surface area contributed by atoms with E-state index in [2.05, 4.69) is 5.32 Å². The van der Waals surface area contributed by atoms with Crippen LogP contribution in [0.3, 0.4) is 0 Å². The van der Waals surface area contributed by atoms with Gasteiger partial charge in [-0.1, -0.05) is 6.07 Å². The van der Waals surface area contributed by atoms with Crippen LogP contribution in [-0.2, 0) is 6.42 Å². The Kier molecular flexibility index (Phi) is 4.58. The predicted molar refractivity (Wildman–Crippen MR) is 82.8 cm³/mol. The average Bonchev–Trinajstić information content (AvgIpc) is 2.40. The Bertz CT molecular complexity index is 648. The number of benzene rings is 2. The summed E-state index contributed by atoms with van der Waals surface area (Å²) in [6.07, 6.45) is 0.666. The third-order valence-corrected chi connectivity index (χ3v) is 3.35. The molecule has 0 heterocycles. The molecule has 3 N–H and O–H groups in total. The van der Waals surface area contributed by atoms with Gasteiger partial charge in [-0.3, -0.25) is 4.79 Å². The van der Waals surface area contributed by atoms with Gasteiger partial charge in [-0.05, 0) is 67.3 Å². The SMILES string of the molecule is Cc1cc(N)cc(C(=O)NCCc2ccc(F)cc2C)c1. The zero-order valence-electron chi connectivity index (χ0n) is 12.2. The van der Waals surface area contributed by atoms with Crippen LogP contribution in [0.5, 0.6) is 0 Å². The zero-order chi connectivity index (χ0) is 15.4. The molecule has 0 atom stereocenters. The Balaban J connectivity index is 1.95. The molecule has 0 spiro atoms. The third kappa shape index (κ3) is 4.05. The maximum atomic E-state index is 13.0. The second-order valence-electron chi connectivity index (χ2n) is 5.21. The standard InChI is InChI=1S/C17H19FN2O/c1-11-7-14(10-16(19)8-11)17(21)20-6-5-13-3-4-15(18)9-12(13)2/h3-4,7-10H,5-6,19H2,1-2H3,(H,20,21). The number of nitrogens with one attached hydrogen (secondary N) is 1. The summed E-state index contributed by atoms with van der Waals surface area (Å²) in [5.41, 5.74) is 9.75. The van der Waals surface area contributed by atoms with Gasteiger partial charge in [0.25, 0.3) is 5.91 Å². The number of anilines is 1. The fourth-order valence-electron chi connectivity index (χ4n) is 2.30. The number of aryl methyl sites for hydroxylation is 2. The lowest BCUT2D eigenvalue weighted by Gasteiger charge is -2.09. The average molecular weight is 286 g/mol. The second kappa shape index (κ2) is 6.39. The number of carbonyl (C=O) groups excluding carboxylic acids is 1. The first-order chi connectivity index (χ1) is 9.95. The van der Waals surface area contributed by atoms with Gasteiger partial charge < -0.3 is 11.1 Å². The van der Waals surface area contributed by atoms with Gasteiger partial charge in [0.05, 0.1) is 0 Å². The molecule has 0 unspecified atom stereocenters. The molecule has 0 aliphatic carbocycles. The van der Waals surface area contributed by atoms with E-state index >= 15 is 0 Å². The van der Waals surface area contributed by atoms with Crippen LogP contribution in [0.25, 0.3) is 0 Å². The fourth-order valence-corrected chi connectivity index (χ4v) is 2.30. The number of amides is 1. The van der Waals surface area contributed by atoms with Crippen molar-refractivity contribution >= 4 is 11.6 Å². The molecular formula is C17H19FN2O. The smallest absolute Gasteiger partial charge is 0.251 e. The molecule has 2 aromatic carbocycles. The summed E-state index contributed by atoms with van der Waals surface area (Å²) < 4.78 is 13.0. The Morgan fingerprint density at radius 2 is 1.95 bits per heavy atom. The van der Waals surface area contributed by atoms with Crippen LogP contribution in [0.4, 0.5) is 10.1 Å². The molecule has 21 heavy (non-hydrogen) atoms. The van der Waals surface area contributed by atoms with E-state index < -0.39 is 0 Å². The lowest BCUT2D eigenvalue weighted by Crippen LogP contribution is -2.26. The molecule has 0 aliphatic heterocycles. The van der Waals surface area contributed by atoms with E-state index in [0.717, 1.165) is 16.7 Å². The van der Waals surface area contributed by atoms with E-state index in [1.807, 2.05) is 19.9 Å². The highest BCUT2D eigenvalue weighted by atomic mass is 19.1. The quantitative estimate of drug-likeness (QED) is 0.849. The first-order valence-electron chi connectivity index (χ1n) is 6.86. The molecule has 0 radical (unpaired) electrons. The molecule has 1 amide bonds. The van der Waals surface area contributed by atoms with Gasteiger partial charge in [0.2, 0.25) is 0 Å². The molecule has 110 valence electrons. The molecule has 3 nitrogen and oxygen atoms in total. The van der Waals surface area contributed by atoms with E-state index in [1.54, 1.807) is 18.2 Å². The largest absolute Gasteiger partial charge is 0.399 e. The first kappa shape index (κ1) is 15.0.